The van der Waals surface area contributed by atoms with Gasteiger partial charge in [0.05, 0.1) is 0 Å². The molecule has 0 saturated carbocycles. The highest BCUT2D eigenvalue weighted by atomic mass is 16.7. The van der Waals surface area contributed by atoms with Gasteiger partial charge in [-0.3, -0.25) is 4.79 Å². The van der Waals surface area contributed by atoms with Crippen LogP contribution in [0.15, 0.2) is 48.7 Å². The molecule has 1 atom stereocenters. The fraction of sp³-hybridized carbons (Fsp3) is 0.348. The van der Waals surface area contributed by atoms with Gasteiger partial charge >= 0.3 is 0 Å². The number of aromatic amines is 1. The van der Waals surface area contributed by atoms with Crippen LogP contribution in [0, 0.1) is 5.92 Å². The molecule has 2 heterocycles. The number of ether oxygens (including phenoxy) is 2. The Balaban J connectivity index is 1.64. The minimum Gasteiger partial charge on any atom is -0.454 e. The molecule has 1 amide bonds. The number of hydrogen-bond acceptors (Lipinski definition) is 3. The van der Waals surface area contributed by atoms with Gasteiger partial charge in [-0.2, -0.15) is 0 Å². The lowest BCUT2D eigenvalue weighted by molar-refractivity contribution is -0.121. The van der Waals surface area contributed by atoms with Crippen molar-refractivity contribution in [1.82, 2.24) is 10.3 Å². The predicted molar refractivity (Wildman–Crippen MR) is 110 cm³/mol. The topological polar surface area (TPSA) is 63.4 Å². The summed E-state index contributed by atoms with van der Waals surface area (Å²) in [5.74, 6) is 2.06. The maximum Gasteiger partial charge on any atom is 0.231 e. The third kappa shape index (κ3) is 3.84. The number of hydrogen-bond donors (Lipinski definition) is 2. The Hall–Kier alpha value is -2.95. The number of aromatic nitrogens is 1. The Morgan fingerprint density at radius 2 is 1.96 bits per heavy atom. The molecule has 1 unspecified atom stereocenters. The summed E-state index contributed by atoms with van der Waals surface area (Å²) in [4.78, 5) is 16.0. The fourth-order valence-corrected chi connectivity index (χ4v) is 3.68. The van der Waals surface area contributed by atoms with E-state index >= 15 is 0 Å². The van der Waals surface area contributed by atoms with E-state index in [1.807, 2.05) is 36.5 Å². The quantitative estimate of drug-likeness (QED) is 0.632. The van der Waals surface area contributed by atoms with Crippen molar-refractivity contribution in [3.8, 4) is 11.5 Å². The zero-order chi connectivity index (χ0) is 19.5. The van der Waals surface area contributed by atoms with E-state index in [-0.39, 0.29) is 18.6 Å². The van der Waals surface area contributed by atoms with Gasteiger partial charge in [-0.15, -0.1) is 0 Å². The fourth-order valence-electron chi connectivity index (χ4n) is 3.68. The summed E-state index contributed by atoms with van der Waals surface area (Å²) < 4.78 is 11.0. The van der Waals surface area contributed by atoms with E-state index in [1.54, 1.807) is 0 Å². The molecule has 0 fully saturated rings. The molecular weight excluding hydrogens is 352 g/mol. The van der Waals surface area contributed by atoms with Crippen LogP contribution in [-0.2, 0) is 4.79 Å². The highest BCUT2D eigenvalue weighted by Crippen LogP contribution is 2.39. The summed E-state index contributed by atoms with van der Waals surface area (Å²) in [7, 11) is 0. The van der Waals surface area contributed by atoms with Crippen molar-refractivity contribution in [2.45, 2.75) is 32.6 Å². The van der Waals surface area contributed by atoms with Gasteiger partial charge in [0, 0.05) is 36.0 Å². The lowest BCUT2D eigenvalue weighted by atomic mass is 9.87. The third-order valence-corrected chi connectivity index (χ3v) is 5.23. The summed E-state index contributed by atoms with van der Waals surface area (Å²) in [5.41, 5.74) is 3.24. The number of fused-ring (bicyclic) bond motifs is 2. The molecule has 1 aromatic heterocycles. The first-order valence-corrected chi connectivity index (χ1v) is 9.84. The highest BCUT2D eigenvalue weighted by molar-refractivity contribution is 5.86. The average molecular weight is 378 g/mol. The maximum atomic E-state index is 12.7. The number of rotatable bonds is 7. The van der Waals surface area contributed by atoms with Gasteiger partial charge in [0.1, 0.15) is 0 Å². The number of carbonyl (C=O) groups excluding carboxylic acids is 1. The molecule has 5 nitrogen and oxygen atoms in total. The molecule has 5 heteroatoms. The van der Waals surface area contributed by atoms with Crippen molar-refractivity contribution in [3.05, 3.63) is 59.8 Å². The molecule has 0 saturated heterocycles. The normalized spacial score (nSPS) is 13.8. The second-order valence-corrected chi connectivity index (χ2v) is 7.69. The summed E-state index contributed by atoms with van der Waals surface area (Å²) in [6.45, 7) is 5.27. The Labute approximate surface area is 165 Å². The van der Waals surface area contributed by atoms with E-state index in [2.05, 4.69) is 36.3 Å². The van der Waals surface area contributed by atoms with Crippen LogP contribution in [0.4, 0.5) is 0 Å². The van der Waals surface area contributed by atoms with Gasteiger partial charge in [-0.1, -0.05) is 38.1 Å². The van der Waals surface area contributed by atoms with Crippen molar-refractivity contribution in [2.24, 2.45) is 5.92 Å². The molecular formula is C23H26N2O3. The molecule has 1 aliphatic heterocycles. The molecule has 1 aliphatic rings. The van der Waals surface area contributed by atoms with Crippen molar-refractivity contribution < 1.29 is 14.3 Å². The van der Waals surface area contributed by atoms with Gasteiger partial charge in [0.25, 0.3) is 0 Å². The van der Waals surface area contributed by atoms with E-state index in [0.717, 1.165) is 39.9 Å². The van der Waals surface area contributed by atoms with Crippen LogP contribution in [0.5, 0.6) is 11.5 Å². The smallest absolute Gasteiger partial charge is 0.231 e. The Morgan fingerprint density at radius 3 is 2.82 bits per heavy atom. The van der Waals surface area contributed by atoms with Gasteiger partial charge in [-0.25, -0.2) is 0 Å². The van der Waals surface area contributed by atoms with Crippen molar-refractivity contribution >= 4 is 16.8 Å². The second kappa shape index (κ2) is 7.97. The van der Waals surface area contributed by atoms with Crippen molar-refractivity contribution in [1.29, 1.82) is 0 Å². The maximum absolute atomic E-state index is 12.7. The minimum atomic E-state index is -0.0651. The van der Waals surface area contributed by atoms with E-state index < -0.39 is 0 Å². The van der Waals surface area contributed by atoms with Gasteiger partial charge in [-0.05, 0) is 41.7 Å². The molecule has 2 aromatic carbocycles. The Bertz CT molecular complexity index is 977. The number of para-hydroxylation sites is 1. The Kier molecular flexibility index (Phi) is 5.24. The largest absolute Gasteiger partial charge is 0.454 e. The lowest BCUT2D eigenvalue weighted by Crippen LogP contribution is -2.27. The van der Waals surface area contributed by atoms with Crippen LogP contribution < -0.4 is 14.8 Å². The lowest BCUT2D eigenvalue weighted by Gasteiger charge is -2.18. The van der Waals surface area contributed by atoms with E-state index in [9.17, 15) is 4.79 Å². The molecule has 28 heavy (non-hydrogen) atoms. The first-order chi connectivity index (χ1) is 13.6. The first-order valence-electron chi connectivity index (χ1n) is 9.84. The zero-order valence-electron chi connectivity index (χ0n) is 16.3. The average Bonchev–Trinajstić information content (AvgIpc) is 3.32. The van der Waals surface area contributed by atoms with Crippen molar-refractivity contribution in [2.75, 3.05) is 13.3 Å². The predicted octanol–water partition coefficient (Wildman–Crippen LogP) is 4.58. The van der Waals surface area contributed by atoms with Crippen LogP contribution in [0.3, 0.4) is 0 Å². The molecule has 0 spiro atoms. The summed E-state index contributed by atoms with van der Waals surface area (Å²) in [6, 6.07) is 14.1. The monoisotopic (exact) mass is 378 g/mol. The first kappa shape index (κ1) is 18.4. The highest BCUT2D eigenvalue weighted by Gasteiger charge is 2.24. The van der Waals surface area contributed by atoms with E-state index in [0.29, 0.717) is 18.9 Å². The van der Waals surface area contributed by atoms with Crippen LogP contribution in [-0.4, -0.2) is 24.2 Å². The summed E-state index contributed by atoms with van der Waals surface area (Å²) in [6.07, 6.45) is 3.38. The third-order valence-electron chi connectivity index (χ3n) is 5.23. The summed E-state index contributed by atoms with van der Waals surface area (Å²) in [5, 5.41) is 4.21. The van der Waals surface area contributed by atoms with Gasteiger partial charge < -0.3 is 19.8 Å². The molecule has 2 N–H and O–H groups in total. The number of H-pyrrole nitrogens is 1. The van der Waals surface area contributed by atoms with Gasteiger partial charge in [0.2, 0.25) is 12.7 Å². The van der Waals surface area contributed by atoms with E-state index in [1.165, 1.54) is 0 Å². The SMILES string of the molecule is CC(C)CCNC(=O)CC(c1ccc2c(c1)OCO2)c1c[nH]c2ccccc12. The van der Waals surface area contributed by atoms with Crippen LogP contribution >= 0.6 is 0 Å². The molecule has 0 bridgehead atoms. The molecule has 4 rings (SSSR count). The van der Waals surface area contributed by atoms with Gasteiger partial charge in [0.15, 0.2) is 11.5 Å². The second-order valence-electron chi connectivity index (χ2n) is 7.69. The van der Waals surface area contributed by atoms with Crippen LogP contribution in [0.1, 0.15) is 43.7 Å². The van der Waals surface area contributed by atoms with Crippen LogP contribution in [0.2, 0.25) is 0 Å². The number of amides is 1. The number of nitrogens with one attached hydrogen (secondary N) is 2. The number of benzene rings is 2. The molecule has 0 aliphatic carbocycles. The molecule has 146 valence electrons. The minimum absolute atomic E-state index is 0.0635. The van der Waals surface area contributed by atoms with Crippen molar-refractivity contribution in [3.63, 3.8) is 0 Å². The number of carbonyl (C=O) groups is 1. The van der Waals surface area contributed by atoms with E-state index in [4.69, 9.17) is 9.47 Å². The molecule has 3 aromatic rings. The zero-order valence-corrected chi connectivity index (χ0v) is 16.3. The standard InChI is InChI=1S/C23H26N2O3/c1-15(2)9-10-24-23(26)12-18(16-7-8-21-22(11-16)28-14-27-21)19-13-25-20-6-4-3-5-17(19)20/h3-8,11,13,15,18,25H,9-10,12,14H2,1-2H3,(H,24,26). The van der Waals surface area contributed by atoms with Crippen LogP contribution in [0.25, 0.3) is 10.9 Å². The molecule has 0 radical (unpaired) electrons. The Morgan fingerprint density at radius 1 is 1.14 bits per heavy atom. The summed E-state index contributed by atoms with van der Waals surface area (Å²) >= 11 is 0.